The number of fused-ring (bicyclic) bond motifs is 2. The number of benzene rings is 2. The Hall–Kier alpha value is -1.02. The van der Waals surface area contributed by atoms with E-state index >= 15 is 0 Å². The Kier molecular flexibility index (Phi) is 3.03. The van der Waals surface area contributed by atoms with Gasteiger partial charge in [0.25, 0.3) is 0 Å². The van der Waals surface area contributed by atoms with E-state index in [1.165, 1.54) is 34.5 Å². The molecule has 20 heavy (non-hydrogen) atoms. The third kappa shape index (κ3) is 2.05. The number of rotatable bonds is 1. The molecule has 2 N–H and O–H groups in total. The zero-order valence-corrected chi connectivity index (χ0v) is 14.7. The highest BCUT2D eigenvalue weighted by atomic mass is 127. The van der Waals surface area contributed by atoms with Gasteiger partial charge < -0.3 is 9.97 Å². The Morgan fingerprint density at radius 2 is 1.55 bits per heavy atom. The van der Waals surface area contributed by atoms with Gasteiger partial charge in [-0.15, -0.1) is 0 Å². The number of hydrogen-bond acceptors (Lipinski definition) is 0. The fourth-order valence-corrected chi connectivity index (χ4v) is 3.57. The molecule has 0 atom stereocenters. The SMILES string of the molecule is Ic1ccc2[nH]c(-c3c[nH]c4ccc(I)cc34)cc2c1. The molecule has 0 radical (unpaired) electrons. The standard InChI is InChI=1S/C16H10I2N2/c17-10-1-3-14-9(5-10)6-16(20-14)13-8-19-15-4-2-11(18)7-12(13)15/h1-8,19-20H. The van der Waals surface area contributed by atoms with Crippen molar-refractivity contribution in [1.29, 1.82) is 0 Å². The molecule has 0 aliphatic heterocycles. The quantitative estimate of drug-likeness (QED) is 0.334. The largest absolute Gasteiger partial charge is 0.360 e. The second-order valence-corrected chi connectivity index (χ2v) is 7.30. The average molecular weight is 484 g/mol. The van der Waals surface area contributed by atoms with Gasteiger partial charge in [0.15, 0.2) is 0 Å². The fourth-order valence-electron chi connectivity index (χ4n) is 2.56. The summed E-state index contributed by atoms with van der Waals surface area (Å²) in [5, 5.41) is 2.52. The number of aromatic nitrogens is 2. The average Bonchev–Trinajstić information content (AvgIpc) is 3.00. The van der Waals surface area contributed by atoms with E-state index in [4.69, 9.17) is 0 Å². The van der Waals surface area contributed by atoms with Gasteiger partial charge in [0.05, 0.1) is 0 Å². The summed E-state index contributed by atoms with van der Waals surface area (Å²) in [6.45, 7) is 0. The van der Waals surface area contributed by atoms with Crippen LogP contribution in [-0.2, 0) is 0 Å². The van der Waals surface area contributed by atoms with E-state index in [1.807, 2.05) is 0 Å². The lowest BCUT2D eigenvalue weighted by Gasteiger charge is -1.96. The van der Waals surface area contributed by atoms with E-state index in [-0.39, 0.29) is 0 Å². The second kappa shape index (κ2) is 4.77. The fraction of sp³-hybridized carbons (Fsp3) is 0. The van der Waals surface area contributed by atoms with Crippen molar-refractivity contribution in [3.05, 3.63) is 55.8 Å². The number of halogens is 2. The molecule has 0 saturated carbocycles. The molecule has 2 heterocycles. The van der Waals surface area contributed by atoms with Crippen LogP contribution in [0.2, 0.25) is 0 Å². The Balaban J connectivity index is 1.98. The normalized spacial score (nSPS) is 11.5. The minimum atomic E-state index is 1.16. The molecule has 4 heteroatoms. The molecule has 0 aliphatic carbocycles. The van der Waals surface area contributed by atoms with Gasteiger partial charge in [-0.1, -0.05) is 0 Å². The molecule has 2 nitrogen and oxygen atoms in total. The van der Waals surface area contributed by atoms with Crippen LogP contribution in [-0.4, -0.2) is 9.97 Å². The van der Waals surface area contributed by atoms with Crippen molar-refractivity contribution in [3.8, 4) is 11.3 Å². The third-order valence-corrected chi connectivity index (χ3v) is 4.86. The molecule has 0 saturated heterocycles. The zero-order chi connectivity index (χ0) is 13.7. The van der Waals surface area contributed by atoms with E-state index in [0.29, 0.717) is 0 Å². The lowest BCUT2D eigenvalue weighted by molar-refractivity contribution is 1.43. The minimum absolute atomic E-state index is 1.16. The topological polar surface area (TPSA) is 31.6 Å². The first-order valence-corrected chi connectivity index (χ1v) is 8.42. The van der Waals surface area contributed by atoms with E-state index in [2.05, 4.69) is 104 Å². The van der Waals surface area contributed by atoms with Gasteiger partial charge in [-0.25, -0.2) is 0 Å². The van der Waals surface area contributed by atoms with Crippen LogP contribution >= 0.6 is 45.2 Å². The van der Waals surface area contributed by atoms with Gasteiger partial charge in [0.2, 0.25) is 0 Å². The molecule has 0 aliphatic rings. The maximum Gasteiger partial charge on any atom is 0.0486 e. The Labute approximate surface area is 143 Å². The third-order valence-electron chi connectivity index (χ3n) is 3.52. The lowest BCUT2D eigenvalue weighted by atomic mass is 10.1. The maximum atomic E-state index is 3.51. The molecule has 4 aromatic rings. The minimum Gasteiger partial charge on any atom is -0.360 e. The van der Waals surface area contributed by atoms with Crippen LogP contribution in [0.3, 0.4) is 0 Å². The molecule has 0 amide bonds. The van der Waals surface area contributed by atoms with Gasteiger partial charge in [-0.2, -0.15) is 0 Å². The van der Waals surface area contributed by atoms with E-state index < -0.39 is 0 Å². The number of nitrogens with one attached hydrogen (secondary N) is 2. The van der Waals surface area contributed by atoms with Crippen molar-refractivity contribution in [2.24, 2.45) is 0 Å². The van der Waals surface area contributed by atoms with E-state index in [1.54, 1.807) is 0 Å². The predicted molar refractivity (Wildman–Crippen MR) is 101 cm³/mol. The smallest absolute Gasteiger partial charge is 0.0486 e. The molecular weight excluding hydrogens is 474 g/mol. The van der Waals surface area contributed by atoms with Crippen LogP contribution in [0.5, 0.6) is 0 Å². The lowest BCUT2D eigenvalue weighted by Crippen LogP contribution is -1.76. The summed E-state index contributed by atoms with van der Waals surface area (Å²) in [7, 11) is 0. The van der Waals surface area contributed by atoms with E-state index in [9.17, 15) is 0 Å². The summed E-state index contributed by atoms with van der Waals surface area (Å²) < 4.78 is 2.51. The highest BCUT2D eigenvalue weighted by Gasteiger charge is 2.09. The van der Waals surface area contributed by atoms with Crippen LogP contribution in [0.25, 0.3) is 33.1 Å². The summed E-state index contributed by atoms with van der Waals surface area (Å²) in [5.74, 6) is 0. The Bertz CT molecular complexity index is 934. The summed E-state index contributed by atoms with van der Waals surface area (Å²) in [5.41, 5.74) is 4.74. The molecule has 0 unspecified atom stereocenters. The van der Waals surface area contributed by atoms with Crippen molar-refractivity contribution >= 4 is 67.0 Å². The van der Waals surface area contributed by atoms with Crippen LogP contribution < -0.4 is 0 Å². The van der Waals surface area contributed by atoms with Crippen LogP contribution in [0.4, 0.5) is 0 Å². The number of H-pyrrole nitrogens is 2. The molecule has 4 rings (SSSR count). The summed E-state index contributed by atoms with van der Waals surface area (Å²) in [6.07, 6.45) is 2.08. The Morgan fingerprint density at radius 3 is 2.40 bits per heavy atom. The summed E-state index contributed by atoms with van der Waals surface area (Å²) in [4.78, 5) is 6.86. The number of aromatic amines is 2. The first-order chi connectivity index (χ1) is 9.70. The second-order valence-electron chi connectivity index (χ2n) is 4.81. The van der Waals surface area contributed by atoms with Crippen molar-refractivity contribution < 1.29 is 0 Å². The first kappa shape index (κ1) is 12.7. The zero-order valence-electron chi connectivity index (χ0n) is 10.4. The summed E-state index contributed by atoms with van der Waals surface area (Å²) in [6, 6.07) is 15.2. The monoisotopic (exact) mass is 484 g/mol. The van der Waals surface area contributed by atoms with Crippen LogP contribution in [0.1, 0.15) is 0 Å². The van der Waals surface area contributed by atoms with E-state index in [0.717, 1.165) is 5.69 Å². The number of hydrogen-bond donors (Lipinski definition) is 2. The van der Waals surface area contributed by atoms with Crippen LogP contribution in [0.15, 0.2) is 48.7 Å². The molecule has 0 spiro atoms. The van der Waals surface area contributed by atoms with Crippen molar-refractivity contribution in [2.75, 3.05) is 0 Å². The van der Waals surface area contributed by atoms with Gasteiger partial charge >= 0.3 is 0 Å². The molecule has 0 bridgehead atoms. The molecule has 2 aromatic carbocycles. The first-order valence-electron chi connectivity index (χ1n) is 6.26. The summed E-state index contributed by atoms with van der Waals surface area (Å²) >= 11 is 4.70. The molecule has 98 valence electrons. The Morgan fingerprint density at radius 1 is 0.800 bits per heavy atom. The molecule has 0 fully saturated rings. The van der Waals surface area contributed by atoms with Crippen molar-refractivity contribution in [2.45, 2.75) is 0 Å². The molecular formula is C16H10I2N2. The van der Waals surface area contributed by atoms with Gasteiger partial charge in [-0.05, 0) is 87.6 Å². The van der Waals surface area contributed by atoms with Crippen LogP contribution in [0, 0.1) is 7.14 Å². The van der Waals surface area contributed by atoms with Gasteiger partial charge in [-0.3, -0.25) is 0 Å². The highest BCUT2D eigenvalue weighted by Crippen LogP contribution is 2.31. The predicted octanol–water partition coefficient (Wildman–Crippen LogP) is 5.53. The van der Waals surface area contributed by atoms with Gasteiger partial charge in [0, 0.05) is 46.4 Å². The van der Waals surface area contributed by atoms with Crippen molar-refractivity contribution in [1.82, 2.24) is 9.97 Å². The highest BCUT2D eigenvalue weighted by molar-refractivity contribution is 14.1. The maximum absolute atomic E-state index is 3.51. The van der Waals surface area contributed by atoms with Gasteiger partial charge in [0.1, 0.15) is 0 Å². The molecule has 2 aromatic heterocycles. The van der Waals surface area contributed by atoms with Crippen molar-refractivity contribution in [3.63, 3.8) is 0 Å².